The molecule has 3 heterocycles. The smallest absolute Gasteiger partial charge is 0.364 e. The van der Waals surface area contributed by atoms with Crippen LogP contribution in [0.4, 0.5) is 13.2 Å². The molecule has 4 rings (SSSR count). The van der Waals surface area contributed by atoms with Crippen molar-refractivity contribution in [2.24, 2.45) is 12.8 Å². The molecule has 0 spiro atoms. The van der Waals surface area contributed by atoms with Crippen LogP contribution in [0.2, 0.25) is 0 Å². The van der Waals surface area contributed by atoms with Crippen molar-refractivity contribution in [3.63, 3.8) is 0 Å². The summed E-state index contributed by atoms with van der Waals surface area (Å²) in [6, 6.07) is 7.17. The second-order valence-corrected chi connectivity index (χ2v) is 8.21. The van der Waals surface area contributed by atoms with Gasteiger partial charge in [0.15, 0.2) is 6.10 Å². The number of fused-ring (bicyclic) bond motifs is 1. The molecule has 2 N–H and O–H groups in total. The molecule has 2 atom stereocenters. The van der Waals surface area contributed by atoms with Crippen LogP contribution in [0.1, 0.15) is 28.7 Å². The third-order valence-corrected chi connectivity index (χ3v) is 5.76. The number of amides is 1. The first kappa shape index (κ1) is 22.2. The molecule has 3 aromatic rings. The Hall–Kier alpha value is -2.98. The second-order valence-electron chi connectivity index (χ2n) is 8.21. The molecule has 0 bridgehead atoms. The summed E-state index contributed by atoms with van der Waals surface area (Å²) < 4.78 is 46.4. The highest BCUT2D eigenvalue weighted by Crippen LogP contribution is 2.32. The van der Waals surface area contributed by atoms with Crippen LogP contribution in [0.15, 0.2) is 30.5 Å². The van der Waals surface area contributed by atoms with Crippen LogP contribution in [0.25, 0.3) is 22.0 Å². The van der Waals surface area contributed by atoms with Crippen molar-refractivity contribution in [1.29, 1.82) is 0 Å². The maximum Gasteiger partial charge on any atom is 0.415 e. The molecular weight excluding hydrogens is 423 g/mol. The van der Waals surface area contributed by atoms with E-state index in [4.69, 9.17) is 10.5 Å². The highest BCUT2D eigenvalue weighted by Gasteiger charge is 2.44. The van der Waals surface area contributed by atoms with Gasteiger partial charge in [-0.15, -0.1) is 0 Å². The van der Waals surface area contributed by atoms with Gasteiger partial charge in [0, 0.05) is 43.3 Å². The van der Waals surface area contributed by atoms with Crippen LogP contribution in [0, 0.1) is 6.92 Å². The first-order valence-corrected chi connectivity index (χ1v) is 10.2. The van der Waals surface area contributed by atoms with E-state index in [9.17, 15) is 18.0 Å². The molecule has 10 heteroatoms. The van der Waals surface area contributed by atoms with Crippen LogP contribution >= 0.6 is 0 Å². The highest BCUT2D eigenvalue weighted by atomic mass is 19.4. The van der Waals surface area contributed by atoms with Crippen LogP contribution < -0.4 is 5.73 Å². The second kappa shape index (κ2) is 8.18. The van der Waals surface area contributed by atoms with Crippen molar-refractivity contribution in [2.75, 3.05) is 13.1 Å². The number of aromatic nitrogens is 3. The Balaban J connectivity index is 1.71. The van der Waals surface area contributed by atoms with E-state index >= 15 is 0 Å². The minimum atomic E-state index is -4.41. The summed E-state index contributed by atoms with van der Waals surface area (Å²) in [5.74, 6) is -0.657. The number of aryl methyl sites for hydroxylation is 1. The normalized spacial score (nSPS) is 20.1. The number of nitrogens with two attached hydrogens (primary N) is 1. The minimum Gasteiger partial charge on any atom is -0.364 e. The zero-order valence-corrected chi connectivity index (χ0v) is 18.0. The summed E-state index contributed by atoms with van der Waals surface area (Å²) >= 11 is 0. The summed E-state index contributed by atoms with van der Waals surface area (Å²) in [5.41, 5.74) is 9.50. The molecular formula is C22H24F3N5O2. The molecule has 0 radical (unpaired) electrons. The van der Waals surface area contributed by atoms with Gasteiger partial charge < -0.3 is 10.5 Å². The van der Waals surface area contributed by atoms with E-state index in [1.54, 1.807) is 34.8 Å². The highest BCUT2D eigenvalue weighted by molar-refractivity contribution is 6.01. The molecule has 1 amide bonds. The number of hydrogen-bond donors (Lipinski definition) is 1. The number of rotatable bonds is 4. The molecule has 1 fully saturated rings. The lowest BCUT2D eigenvalue weighted by Gasteiger charge is -2.37. The van der Waals surface area contributed by atoms with Crippen molar-refractivity contribution in [2.45, 2.75) is 38.8 Å². The zero-order chi connectivity index (χ0) is 23.2. The summed E-state index contributed by atoms with van der Waals surface area (Å²) in [6.45, 7) is 4.01. The fraction of sp³-hybridized carbons (Fsp3) is 0.409. The van der Waals surface area contributed by atoms with E-state index in [1.165, 1.54) is 0 Å². The molecule has 1 aliphatic heterocycles. The predicted octanol–water partition coefficient (Wildman–Crippen LogP) is 3.19. The Morgan fingerprint density at radius 2 is 2.00 bits per heavy atom. The average Bonchev–Trinajstić information content (AvgIpc) is 3.04. The quantitative estimate of drug-likeness (QED) is 0.664. The van der Waals surface area contributed by atoms with Crippen molar-refractivity contribution >= 4 is 16.8 Å². The monoisotopic (exact) mass is 447 g/mol. The number of morpholine rings is 1. The maximum absolute atomic E-state index is 13.2. The number of benzene rings is 1. The fourth-order valence-corrected chi connectivity index (χ4v) is 4.09. The van der Waals surface area contributed by atoms with E-state index in [2.05, 4.69) is 10.1 Å². The summed E-state index contributed by atoms with van der Waals surface area (Å²) in [4.78, 5) is 18.0. The lowest BCUT2D eigenvalue weighted by molar-refractivity contribution is -0.252. The maximum atomic E-state index is 13.2. The van der Waals surface area contributed by atoms with E-state index in [0.717, 1.165) is 27.8 Å². The number of carbonyl (C=O) groups excluding carboxylic acids is 1. The Labute approximate surface area is 183 Å². The minimum absolute atomic E-state index is 0.116. The molecule has 2 aromatic heterocycles. The predicted molar refractivity (Wildman–Crippen MR) is 113 cm³/mol. The molecule has 170 valence electrons. The van der Waals surface area contributed by atoms with E-state index < -0.39 is 24.3 Å². The van der Waals surface area contributed by atoms with Gasteiger partial charge in [-0.05, 0) is 37.1 Å². The van der Waals surface area contributed by atoms with Gasteiger partial charge in [0.2, 0.25) is 0 Å². The number of alkyl halides is 3. The van der Waals surface area contributed by atoms with Gasteiger partial charge in [0.05, 0.1) is 17.8 Å². The first-order chi connectivity index (χ1) is 15.0. The number of nitrogens with zero attached hydrogens (tertiary/aromatic N) is 4. The molecule has 32 heavy (non-hydrogen) atoms. The van der Waals surface area contributed by atoms with E-state index in [-0.39, 0.29) is 12.2 Å². The lowest BCUT2D eigenvalue weighted by atomic mass is 9.99. The molecule has 1 aliphatic rings. The number of ether oxygens (including phenoxy) is 1. The van der Waals surface area contributed by atoms with E-state index in [0.29, 0.717) is 18.6 Å². The van der Waals surface area contributed by atoms with Gasteiger partial charge in [-0.25, -0.2) is 4.98 Å². The SMILES string of the molecule is Cc1c(-c2cc(C(N)=O)nc3cc(CN4C[C@@H](C)O[C@@H](C(F)(F)F)C4)ccc23)cnn1C. The number of carbonyl (C=O) groups is 1. The first-order valence-electron chi connectivity index (χ1n) is 10.2. The number of primary amides is 1. The molecule has 1 saturated heterocycles. The Morgan fingerprint density at radius 1 is 1.25 bits per heavy atom. The summed E-state index contributed by atoms with van der Waals surface area (Å²) in [7, 11) is 1.83. The van der Waals surface area contributed by atoms with Gasteiger partial charge in [-0.3, -0.25) is 14.4 Å². The topological polar surface area (TPSA) is 86.3 Å². The fourth-order valence-electron chi connectivity index (χ4n) is 4.09. The van der Waals surface area contributed by atoms with Crippen molar-refractivity contribution < 1.29 is 22.7 Å². The number of hydrogen-bond acceptors (Lipinski definition) is 5. The zero-order valence-electron chi connectivity index (χ0n) is 18.0. The molecule has 0 saturated carbocycles. The van der Waals surface area contributed by atoms with E-state index in [1.807, 2.05) is 26.1 Å². The largest absolute Gasteiger partial charge is 0.415 e. The third-order valence-electron chi connectivity index (χ3n) is 5.76. The van der Waals surface area contributed by atoms with Crippen molar-refractivity contribution in [3.05, 3.63) is 47.4 Å². The van der Waals surface area contributed by atoms with Gasteiger partial charge in [-0.1, -0.05) is 12.1 Å². The third kappa shape index (κ3) is 4.33. The summed E-state index contributed by atoms with van der Waals surface area (Å²) in [6.07, 6.45) is -5.04. The molecule has 0 aliphatic carbocycles. The van der Waals surface area contributed by atoms with Gasteiger partial charge in [0.25, 0.3) is 5.91 Å². The number of pyridine rings is 1. The Bertz CT molecular complexity index is 1170. The van der Waals surface area contributed by atoms with Crippen molar-refractivity contribution in [1.82, 2.24) is 19.7 Å². The van der Waals surface area contributed by atoms with Crippen molar-refractivity contribution in [3.8, 4) is 11.1 Å². The molecule has 7 nitrogen and oxygen atoms in total. The molecule has 1 aromatic carbocycles. The average molecular weight is 447 g/mol. The Kier molecular flexibility index (Phi) is 5.68. The Morgan fingerprint density at radius 3 is 2.62 bits per heavy atom. The van der Waals surface area contributed by atoms with Crippen LogP contribution in [-0.2, 0) is 18.3 Å². The van der Waals surface area contributed by atoms with Gasteiger partial charge >= 0.3 is 6.18 Å². The van der Waals surface area contributed by atoms with Gasteiger partial charge in [0.1, 0.15) is 5.69 Å². The number of halogens is 3. The molecule has 0 unspecified atom stereocenters. The summed E-state index contributed by atoms with van der Waals surface area (Å²) in [5, 5.41) is 5.08. The standard InChI is InChI=1S/C22H24F3N5O2/c1-12-9-30(11-20(32-12)22(23,24)25)10-14-4-5-15-16(17-8-27-29(3)13(17)2)7-19(21(26)31)28-18(15)6-14/h4-8,12,20H,9-11H2,1-3H3,(H2,26,31)/t12-,20-/m1/s1. The lowest BCUT2D eigenvalue weighted by Crippen LogP contribution is -2.51. The van der Waals surface area contributed by atoms with Gasteiger partial charge in [-0.2, -0.15) is 18.3 Å². The van der Waals surface area contributed by atoms with Crippen LogP contribution in [0.5, 0.6) is 0 Å². The van der Waals surface area contributed by atoms with Crippen LogP contribution in [0.3, 0.4) is 0 Å². The van der Waals surface area contributed by atoms with Crippen LogP contribution in [-0.4, -0.2) is 57.0 Å².